The van der Waals surface area contributed by atoms with E-state index in [1.807, 2.05) is 0 Å². The van der Waals surface area contributed by atoms with Crippen LogP contribution in [-0.4, -0.2) is 28.9 Å². The van der Waals surface area contributed by atoms with Crippen molar-refractivity contribution in [3.63, 3.8) is 0 Å². The van der Waals surface area contributed by atoms with E-state index in [0.717, 1.165) is 0 Å². The maximum atomic E-state index is 6.11. The van der Waals surface area contributed by atoms with Crippen LogP contribution in [0.3, 0.4) is 0 Å². The van der Waals surface area contributed by atoms with Crippen LogP contribution in [0, 0.1) is 0 Å². The van der Waals surface area contributed by atoms with Crippen molar-refractivity contribution in [3.05, 3.63) is 0 Å². The highest BCUT2D eigenvalue weighted by molar-refractivity contribution is 8.46. The zero-order chi connectivity index (χ0) is 11.6. The maximum Gasteiger partial charge on any atom is 0.305 e. The third-order valence-electron chi connectivity index (χ3n) is 1.87. The summed E-state index contributed by atoms with van der Waals surface area (Å²) in [5, 5.41) is -0.829. The molecule has 0 aromatic carbocycles. The molecule has 1 heterocycles. The van der Waals surface area contributed by atoms with Gasteiger partial charge in [-0.15, -0.1) is 44.3 Å². The fraction of sp³-hybridized carbons (Fsp3) is 0. The van der Waals surface area contributed by atoms with E-state index in [-0.39, 0.29) is 0 Å². The molecule has 1 saturated heterocycles. The van der Waals surface area contributed by atoms with Crippen LogP contribution in [0.5, 0.6) is 0 Å². The molecule has 1 aliphatic rings. The monoisotopic (exact) mass is 438 g/mol. The summed E-state index contributed by atoms with van der Waals surface area (Å²) in [7, 11) is 0. The molecule has 82 valence electrons. The highest BCUT2D eigenvalue weighted by Gasteiger charge is 2.89. The van der Waals surface area contributed by atoms with Gasteiger partial charge in [0, 0.05) is 0 Å². The summed E-state index contributed by atoms with van der Waals surface area (Å²) in [4.78, 5) is 0. The number of hydrogen-bond acceptors (Lipinski definition) is 0. The number of halogens is 9. The van der Waals surface area contributed by atoms with Gasteiger partial charge in [0.1, 0.15) is 0 Å². The second kappa shape index (κ2) is 4.28. The van der Waals surface area contributed by atoms with E-state index in [4.69, 9.17) is 100 Å². The molecule has 14 heavy (non-hydrogen) atoms. The summed E-state index contributed by atoms with van der Waals surface area (Å²) in [6.45, 7) is 0. The topological polar surface area (TPSA) is 0 Å². The predicted octanol–water partition coefficient (Wildman–Crippen LogP) is 4.30. The van der Waals surface area contributed by atoms with E-state index >= 15 is 0 Å². The standard InChI is InChI=1S/BCl9Si4/c2-1-11(3,4)13(7,8)14(9,10)12(1,5)6. The molecule has 0 aromatic rings. The molecule has 0 aromatic heterocycles. The van der Waals surface area contributed by atoms with Gasteiger partial charge in [-0.05, 0) is 0 Å². The third-order valence-corrected chi connectivity index (χ3v) is 97.4. The molecule has 1 aliphatic heterocycles. The Morgan fingerprint density at radius 3 is 0.857 bits per heavy atom. The summed E-state index contributed by atoms with van der Waals surface area (Å²) in [6, 6.07) is 0. The third kappa shape index (κ3) is 1.82. The van der Waals surface area contributed by atoms with Crippen molar-refractivity contribution in [2.24, 2.45) is 0 Å². The van der Waals surface area contributed by atoms with Crippen LogP contribution >= 0.6 is 100 Å². The zero-order valence-corrected chi connectivity index (χ0v) is 16.8. The molecule has 1 rings (SSSR count). The van der Waals surface area contributed by atoms with Gasteiger partial charge in [-0.1, -0.05) is 0 Å². The molecular weight excluding hydrogens is 442 g/mol. The first-order valence-corrected chi connectivity index (χ1v) is 22.7. The lowest BCUT2D eigenvalue weighted by Gasteiger charge is -2.28. The van der Waals surface area contributed by atoms with Crippen molar-refractivity contribution < 1.29 is 0 Å². The van der Waals surface area contributed by atoms with Crippen molar-refractivity contribution >= 4 is 129 Å². The summed E-state index contributed by atoms with van der Waals surface area (Å²) in [5.74, 6) is 0. The normalized spacial score (nSPS) is 31.9. The highest BCUT2D eigenvalue weighted by Crippen LogP contribution is 2.60. The molecule has 0 saturated carbocycles. The molecular formula is BCl9Si4. The highest BCUT2D eigenvalue weighted by atomic mass is 35.8. The van der Waals surface area contributed by atoms with Gasteiger partial charge in [-0.3, -0.25) is 0 Å². The van der Waals surface area contributed by atoms with Crippen LogP contribution in [0.25, 0.3) is 0 Å². The van der Waals surface area contributed by atoms with Gasteiger partial charge in [-0.25, -0.2) is 0 Å². The Hall–Kier alpha value is 3.54. The molecule has 1 fully saturated rings. The lowest BCUT2D eigenvalue weighted by molar-refractivity contribution is 3.34. The second-order valence-electron chi connectivity index (χ2n) is 2.76. The van der Waals surface area contributed by atoms with Crippen molar-refractivity contribution in [3.8, 4) is 0 Å². The van der Waals surface area contributed by atoms with Crippen molar-refractivity contribution in [2.75, 3.05) is 0 Å². The zero-order valence-electron chi connectivity index (χ0n) is 5.98. The minimum Gasteiger partial charge on any atom is -0.197 e. The molecule has 0 N–H and O–H groups in total. The lowest BCUT2D eigenvalue weighted by atomic mass is 10.7. The Morgan fingerprint density at radius 1 is 0.571 bits per heavy atom. The Balaban J connectivity index is 3.38. The lowest BCUT2D eigenvalue weighted by Crippen LogP contribution is -2.60. The maximum absolute atomic E-state index is 6.11. The van der Waals surface area contributed by atoms with E-state index in [1.54, 1.807) is 0 Å². The van der Waals surface area contributed by atoms with Crippen LogP contribution in [0.4, 0.5) is 0 Å². The minimum absolute atomic E-state index is 0.829. The largest absolute Gasteiger partial charge is 0.305 e. The van der Waals surface area contributed by atoms with Gasteiger partial charge in [0.05, 0.1) is 0 Å². The summed E-state index contributed by atoms with van der Waals surface area (Å²) in [6.07, 6.45) is -6.33. The molecule has 0 radical (unpaired) electrons. The van der Waals surface area contributed by atoms with Gasteiger partial charge in [0.15, 0.2) is 0 Å². The molecule has 0 aliphatic carbocycles. The van der Waals surface area contributed by atoms with E-state index in [9.17, 15) is 0 Å². The quantitative estimate of drug-likeness (QED) is 0.388. The summed E-state index contributed by atoms with van der Waals surface area (Å²) >= 11 is 54.8. The summed E-state index contributed by atoms with van der Waals surface area (Å²) < 4.78 is 0. The number of rotatable bonds is 0. The smallest absolute Gasteiger partial charge is 0.197 e. The van der Waals surface area contributed by atoms with Crippen molar-refractivity contribution in [1.29, 1.82) is 0 Å². The molecule has 0 bridgehead atoms. The van der Waals surface area contributed by atoms with Gasteiger partial charge >= 0.3 is 5.31 Å². The molecule has 0 amide bonds. The van der Waals surface area contributed by atoms with Crippen LogP contribution in [0.15, 0.2) is 0 Å². The SMILES string of the molecule is ClB1[Si](Cl)(Cl)[Si](Cl)(Cl)[Si](Cl)(Cl)[Si]1(Cl)Cl. The van der Waals surface area contributed by atoms with Gasteiger partial charge in [0.25, 0.3) is 23.6 Å². The van der Waals surface area contributed by atoms with Crippen molar-refractivity contribution in [2.45, 2.75) is 0 Å². The summed E-state index contributed by atoms with van der Waals surface area (Å²) in [5.41, 5.74) is -6.49. The van der Waals surface area contributed by atoms with E-state index in [1.165, 1.54) is 0 Å². The Labute approximate surface area is 127 Å². The molecule has 0 spiro atoms. The van der Waals surface area contributed by atoms with Crippen molar-refractivity contribution in [1.82, 2.24) is 0 Å². The second-order valence-corrected chi connectivity index (χ2v) is 54.9. The first-order valence-electron chi connectivity index (χ1n) is 3.06. The van der Waals surface area contributed by atoms with Gasteiger partial charge < -0.3 is 0 Å². The average Bonchev–Trinajstić information content (AvgIpc) is 2.05. The first-order chi connectivity index (χ1) is 5.90. The van der Waals surface area contributed by atoms with Crippen LogP contribution in [-0.2, 0) is 0 Å². The number of hydrogen-bond donors (Lipinski definition) is 0. The molecule has 14 heteroatoms. The van der Waals surface area contributed by atoms with Gasteiger partial charge in [-0.2, -0.15) is 55.8 Å². The van der Waals surface area contributed by atoms with Crippen LogP contribution < -0.4 is 0 Å². The van der Waals surface area contributed by atoms with Crippen LogP contribution in [0.1, 0.15) is 0 Å². The van der Waals surface area contributed by atoms with Gasteiger partial charge in [0.2, 0.25) is 0 Å². The first kappa shape index (κ1) is 15.6. The van der Waals surface area contributed by atoms with E-state index in [2.05, 4.69) is 0 Å². The Morgan fingerprint density at radius 2 is 0.786 bits per heavy atom. The minimum atomic E-state index is -3.24. The molecule has 0 atom stereocenters. The van der Waals surface area contributed by atoms with Crippen LogP contribution in [0.2, 0.25) is 0 Å². The Bertz CT molecular complexity index is 232. The fourth-order valence-corrected chi connectivity index (χ4v) is 117. The average molecular weight is 442 g/mol. The van der Waals surface area contributed by atoms with E-state index in [0.29, 0.717) is 0 Å². The molecule has 0 unspecified atom stereocenters. The van der Waals surface area contributed by atoms with E-state index < -0.39 is 28.9 Å². The fourth-order valence-electron chi connectivity index (χ4n) is 0.965. The molecule has 0 nitrogen and oxygen atoms in total. The predicted molar refractivity (Wildman–Crippen MR) is 81.4 cm³/mol. The Kier molecular flexibility index (Phi) is 4.77.